The van der Waals surface area contributed by atoms with Crippen LogP contribution in [0.2, 0.25) is 5.02 Å². The molecule has 3 N–H and O–H groups in total. The number of guanidine groups is 1. The lowest BCUT2D eigenvalue weighted by Crippen LogP contribution is -2.53. The van der Waals surface area contributed by atoms with Crippen LogP contribution in [0.15, 0.2) is 53.5 Å². The summed E-state index contributed by atoms with van der Waals surface area (Å²) in [5, 5.41) is 13.9. The van der Waals surface area contributed by atoms with Crippen LogP contribution in [0.25, 0.3) is 0 Å². The molecule has 2 aromatic rings. The average Bonchev–Trinajstić information content (AvgIpc) is 2.70. The molecule has 1 saturated heterocycles. The molecule has 2 amide bonds. The summed E-state index contributed by atoms with van der Waals surface area (Å²) in [7, 11) is 0. The minimum atomic E-state index is -0.429. The quantitative estimate of drug-likeness (QED) is 0.330. The van der Waals surface area contributed by atoms with E-state index in [1.807, 2.05) is 0 Å². The van der Waals surface area contributed by atoms with E-state index >= 15 is 0 Å². The van der Waals surface area contributed by atoms with E-state index in [2.05, 4.69) is 15.2 Å². The van der Waals surface area contributed by atoms with Gasteiger partial charge >= 0.3 is 6.03 Å². The lowest BCUT2D eigenvalue weighted by atomic mass is 10.2. The summed E-state index contributed by atoms with van der Waals surface area (Å²) in [6.45, 7) is 2.22. The molecule has 11 heteroatoms. The number of rotatable bonds is 3. The number of hydrogen-bond acceptors (Lipinski definition) is 5. The van der Waals surface area contributed by atoms with Gasteiger partial charge in [-0.3, -0.25) is 15.4 Å². The number of anilines is 1. The van der Waals surface area contributed by atoms with Crippen LogP contribution in [0.5, 0.6) is 0 Å². The number of amides is 2. The first-order chi connectivity index (χ1) is 13.4. The predicted octanol–water partition coefficient (Wildman–Crippen LogP) is 3.15. The first-order valence-corrected chi connectivity index (χ1v) is 8.95. The fourth-order valence-electron chi connectivity index (χ4n) is 2.82. The summed E-state index contributed by atoms with van der Waals surface area (Å²) in [5.41, 5.74) is 7.33. The molecule has 0 spiro atoms. The molecule has 1 aliphatic heterocycles. The van der Waals surface area contributed by atoms with E-state index in [0.717, 1.165) is 5.69 Å². The number of urea groups is 1. The monoisotopic (exact) mass is 438 g/mol. The van der Waals surface area contributed by atoms with Crippen molar-refractivity contribution >= 4 is 53.1 Å². The van der Waals surface area contributed by atoms with Crippen LogP contribution in [-0.2, 0) is 0 Å². The van der Waals surface area contributed by atoms with Gasteiger partial charge in [0.15, 0.2) is 0 Å². The highest BCUT2D eigenvalue weighted by atomic mass is 35.5. The summed E-state index contributed by atoms with van der Waals surface area (Å²) in [4.78, 5) is 30.5. The second-order valence-electron chi connectivity index (χ2n) is 6.15. The van der Waals surface area contributed by atoms with Crippen LogP contribution in [0.4, 0.5) is 21.9 Å². The standard InChI is InChI=1S/C18H19ClN6O3.ClH/c19-13-1-3-14(4-2-13)21-17(20)22-18(26)24-11-9-23(10-12-24)15-5-7-16(8-6-15)25(27)28;/h1-8H,9-12H2,(H3,20,21,22,26);1H. The van der Waals surface area contributed by atoms with Gasteiger partial charge in [-0.2, -0.15) is 0 Å². The number of halogens is 2. The van der Waals surface area contributed by atoms with Gasteiger partial charge in [-0.1, -0.05) is 11.6 Å². The molecule has 3 rings (SSSR count). The van der Waals surface area contributed by atoms with E-state index in [0.29, 0.717) is 36.9 Å². The number of carbonyl (C=O) groups is 1. The maximum absolute atomic E-state index is 12.4. The largest absolute Gasteiger partial charge is 0.369 e. The zero-order chi connectivity index (χ0) is 20.1. The van der Waals surface area contributed by atoms with Crippen molar-refractivity contribution in [1.29, 1.82) is 0 Å². The molecule has 1 fully saturated rings. The zero-order valence-electron chi connectivity index (χ0n) is 15.3. The molecule has 0 saturated carbocycles. The van der Waals surface area contributed by atoms with Crippen LogP contribution in [0, 0.1) is 10.1 Å². The number of nitrogens with one attached hydrogen (secondary N) is 1. The van der Waals surface area contributed by atoms with E-state index < -0.39 is 4.92 Å². The number of hydrogen-bond donors (Lipinski definition) is 2. The van der Waals surface area contributed by atoms with Crippen molar-refractivity contribution in [1.82, 2.24) is 10.2 Å². The maximum atomic E-state index is 12.4. The summed E-state index contributed by atoms with van der Waals surface area (Å²) in [5.74, 6) is 0.00474. The minimum Gasteiger partial charge on any atom is -0.369 e. The highest BCUT2D eigenvalue weighted by Gasteiger charge is 2.22. The SMILES string of the molecule is Cl.NC(=Nc1ccc(Cl)cc1)NC(=O)N1CCN(c2ccc([N+](=O)[O-])cc2)CC1. The molecule has 0 atom stereocenters. The highest BCUT2D eigenvalue weighted by Crippen LogP contribution is 2.20. The van der Waals surface area contributed by atoms with Gasteiger partial charge in [-0.25, -0.2) is 9.79 Å². The van der Waals surface area contributed by atoms with Crippen LogP contribution >= 0.6 is 24.0 Å². The molecule has 0 aliphatic carbocycles. The van der Waals surface area contributed by atoms with Crippen LogP contribution in [0.3, 0.4) is 0 Å². The van der Waals surface area contributed by atoms with Gasteiger partial charge in [0.25, 0.3) is 5.69 Å². The van der Waals surface area contributed by atoms with Crippen LogP contribution in [0.1, 0.15) is 0 Å². The van der Waals surface area contributed by atoms with Crippen molar-refractivity contribution in [2.75, 3.05) is 31.1 Å². The first-order valence-electron chi connectivity index (χ1n) is 8.57. The van der Waals surface area contributed by atoms with Gasteiger partial charge < -0.3 is 15.5 Å². The Hall–Kier alpha value is -3.04. The number of benzene rings is 2. The third-order valence-electron chi connectivity index (χ3n) is 4.30. The number of piperazine rings is 1. The fraction of sp³-hybridized carbons (Fsp3) is 0.222. The number of non-ortho nitro benzene ring substituents is 1. The van der Waals surface area contributed by atoms with Gasteiger partial charge in [0.2, 0.25) is 5.96 Å². The molecular weight excluding hydrogens is 419 g/mol. The third-order valence-corrected chi connectivity index (χ3v) is 4.56. The van der Waals surface area contributed by atoms with E-state index in [9.17, 15) is 14.9 Å². The third kappa shape index (κ3) is 5.97. The Labute approximate surface area is 178 Å². The van der Waals surface area contributed by atoms with E-state index in [-0.39, 0.29) is 30.1 Å². The number of carbonyl (C=O) groups excluding carboxylic acids is 1. The lowest BCUT2D eigenvalue weighted by molar-refractivity contribution is -0.384. The molecular formula is C18H20Cl2N6O3. The second-order valence-corrected chi connectivity index (χ2v) is 6.59. The van der Waals surface area contributed by atoms with E-state index in [4.69, 9.17) is 17.3 Å². The van der Waals surface area contributed by atoms with Gasteiger partial charge in [-0.05, 0) is 36.4 Å². The molecule has 9 nitrogen and oxygen atoms in total. The molecule has 1 aliphatic rings. The van der Waals surface area contributed by atoms with Crippen molar-refractivity contribution < 1.29 is 9.72 Å². The molecule has 29 heavy (non-hydrogen) atoms. The van der Waals surface area contributed by atoms with Crippen molar-refractivity contribution in [2.45, 2.75) is 0 Å². The average molecular weight is 439 g/mol. The van der Waals surface area contributed by atoms with Gasteiger partial charge in [-0.15, -0.1) is 12.4 Å². The van der Waals surface area contributed by atoms with Crippen molar-refractivity contribution in [3.8, 4) is 0 Å². The lowest BCUT2D eigenvalue weighted by Gasteiger charge is -2.35. The minimum absolute atomic E-state index is 0. The molecule has 1 heterocycles. The molecule has 0 aromatic heterocycles. The topological polar surface area (TPSA) is 117 Å². The molecule has 0 unspecified atom stereocenters. The molecule has 154 valence electrons. The highest BCUT2D eigenvalue weighted by molar-refractivity contribution is 6.30. The smallest absolute Gasteiger partial charge is 0.324 e. The van der Waals surface area contributed by atoms with Gasteiger partial charge in [0.1, 0.15) is 0 Å². The number of nitro groups is 1. The summed E-state index contributed by atoms with van der Waals surface area (Å²) in [6.07, 6.45) is 0. The van der Waals surface area contributed by atoms with E-state index in [1.54, 1.807) is 41.3 Å². The predicted molar refractivity (Wildman–Crippen MR) is 115 cm³/mol. The molecule has 2 aromatic carbocycles. The number of nitro benzene ring substituents is 1. The Morgan fingerprint density at radius 2 is 1.66 bits per heavy atom. The molecule has 0 radical (unpaired) electrons. The zero-order valence-corrected chi connectivity index (χ0v) is 16.9. The molecule has 0 bridgehead atoms. The van der Waals surface area contributed by atoms with E-state index in [1.165, 1.54) is 12.1 Å². The Bertz CT molecular complexity index is 881. The fourth-order valence-corrected chi connectivity index (χ4v) is 2.95. The number of aliphatic imine (C=N–C) groups is 1. The Morgan fingerprint density at radius 1 is 1.07 bits per heavy atom. The van der Waals surface area contributed by atoms with Crippen LogP contribution in [-0.4, -0.2) is 48.0 Å². The number of nitrogens with zero attached hydrogens (tertiary/aromatic N) is 4. The summed E-state index contributed by atoms with van der Waals surface area (Å²) < 4.78 is 0. The first kappa shape index (κ1) is 22.3. The maximum Gasteiger partial charge on any atom is 0.324 e. The van der Waals surface area contributed by atoms with Crippen molar-refractivity contribution in [3.63, 3.8) is 0 Å². The van der Waals surface area contributed by atoms with Crippen molar-refractivity contribution in [3.05, 3.63) is 63.7 Å². The normalized spacial score (nSPS) is 14.2. The number of nitrogens with two attached hydrogens (primary N) is 1. The second kappa shape index (κ2) is 9.94. The Morgan fingerprint density at radius 3 is 2.21 bits per heavy atom. The van der Waals surface area contributed by atoms with Crippen LogP contribution < -0.4 is 16.0 Å². The Kier molecular flexibility index (Phi) is 7.63. The van der Waals surface area contributed by atoms with Gasteiger partial charge in [0.05, 0.1) is 10.6 Å². The summed E-state index contributed by atoms with van der Waals surface area (Å²) >= 11 is 5.82. The van der Waals surface area contributed by atoms with Crippen molar-refractivity contribution in [2.24, 2.45) is 10.7 Å². The summed E-state index contributed by atoms with van der Waals surface area (Å²) in [6, 6.07) is 12.8. The Balaban J connectivity index is 0.00000300. The van der Waals surface area contributed by atoms with Gasteiger partial charge in [0, 0.05) is 49.0 Å².